The second kappa shape index (κ2) is 7.23. The summed E-state index contributed by atoms with van der Waals surface area (Å²) >= 11 is 2.38. The molecule has 0 aliphatic rings. The number of rotatable bonds is 5. The average Bonchev–Trinajstić information content (AvgIpc) is 2.48. The van der Waals surface area contributed by atoms with Crippen LogP contribution in [-0.4, -0.2) is 7.05 Å². The molecule has 2 aromatic carbocycles. The van der Waals surface area contributed by atoms with Gasteiger partial charge in [-0.05, 0) is 76.9 Å². The van der Waals surface area contributed by atoms with Crippen LogP contribution in [0.15, 0.2) is 42.5 Å². The van der Waals surface area contributed by atoms with E-state index in [-0.39, 0.29) is 6.04 Å². The first-order valence-corrected chi connectivity index (χ1v) is 8.31. The van der Waals surface area contributed by atoms with Gasteiger partial charge in [-0.25, -0.2) is 0 Å². The molecule has 20 heavy (non-hydrogen) atoms. The molecule has 0 fully saturated rings. The van der Waals surface area contributed by atoms with Gasteiger partial charge in [0.2, 0.25) is 0 Å². The fraction of sp³-hybridized carbons (Fsp3) is 0.333. The quantitative estimate of drug-likeness (QED) is 0.741. The zero-order chi connectivity index (χ0) is 14.5. The maximum atomic E-state index is 3.48. The number of benzene rings is 2. The molecule has 106 valence electrons. The van der Waals surface area contributed by atoms with Crippen molar-refractivity contribution in [3.8, 4) is 0 Å². The Hall–Kier alpha value is -0.870. The fourth-order valence-electron chi connectivity index (χ4n) is 2.64. The van der Waals surface area contributed by atoms with Gasteiger partial charge in [-0.15, -0.1) is 0 Å². The van der Waals surface area contributed by atoms with Crippen molar-refractivity contribution in [3.05, 3.63) is 68.3 Å². The summed E-state index contributed by atoms with van der Waals surface area (Å²) in [6.45, 7) is 4.44. The molecule has 2 rings (SSSR count). The predicted octanol–water partition coefficient (Wildman–Crippen LogP) is 4.72. The minimum Gasteiger partial charge on any atom is -0.309 e. The Bertz CT molecular complexity index is 577. The van der Waals surface area contributed by atoms with E-state index in [1.807, 2.05) is 7.05 Å². The van der Waals surface area contributed by atoms with Gasteiger partial charge in [0.25, 0.3) is 0 Å². The summed E-state index contributed by atoms with van der Waals surface area (Å²) in [7, 11) is 2.04. The number of hydrogen-bond donors (Lipinski definition) is 1. The SMILES string of the molecule is CCc1ccc(CC)c(C(NC)c2cccc(I)c2)c1. The first kappa shape index (κ1) is 15.5. The monoisotopic (exact) mass is 379 g/mol. The van der Waals surface area contributed by atoms with E-state index in [1.54, 1.807) is 0 Å². The number of halogens is 1. The smallest absolute Gasteiger partial charge is 0.0577 e. The molecular formula is C18H22IN. The van der Waals surface area contributed by atoms with Crippen molar-refractivity contribution in [2.45, 2.75) is 32.7 Å². The lowest BCUT2D eigenvalue weighted by Gasteiger charge is -2.21. The minimum absolute atomic E-state index is 0.270. The van der Waals surface area contributed by atoms with Crippen LogP contribution in [0.5, 0.6) is 0 Å². The Morgan fingerprint density at radius 2 is 1.85 bits per heavy atom. The molecule has 0 amide bonds. The third kappa shape index (κ3) is 3.41. The second-order valence-electron chi connectivity index (χ2n) is 5.02. The lowest BCUT2D eigenvalue weighted by molar-refractivity contribution is 0.682. The molecule has 0 spiro atoms. The van der Waals surface area contributed by atoms with E-state index in [1.165, 1.54) is 25.8 Å². The lowest BCUT2D eigenvalue weighted by Crippen LogP contribution is -2.19. The Balaban J connectivity index is 2.50. The van der Waals surface area contributed by atoms with Crippen LogP contribution in [0, 0.1) is 3.57 Å². The molecule has 0 bridgehead atoms. The van der Waals surface area contributed by atoms with Crippen LogP contribution in [0.2, 0.25) is 0 Å². The summed E-state index contributed by atoms with van der Waals surface area (Å²) in [6, 6.07) is 15.9. The standard InChI is InChI=1S/C18H22IN/c1-4-13-9-10-14(5-2)17(11-13)18(20-3)15-7-6-8-16(19)12-15/h6-12,18,20H,4-5H2,1-3H3. The third-order valence-corrected chi connectivity index (χ3v) is 4.45. The van der Waals surface area contributed by atoms with E-state index in [9.17, 15) is 0 Å². The number of aryl methyl sites for hydroxylation is 2. The summed E-state index contributed by atoms with van der Waals surface area (Å²) in [4.78, 5) is 0. The van der Waals surface area contributed by atoms with Crippen LogP contribution in [0.1, 0.15) is 42.1 Å². The Morgan fingerprint density at radius 1 is 1.05 bits per heavy atom. The van der Waals surface area contributed by atoms with Crippen molar-refractivity contribution in [3.63, 3.8) is 0 Å². The van der Waals surface area contributed by atoms with Gasteiger partial charge in [-0.3, -0.25) is 0 Å². The van der Waals surface area contributed by atoms with E-state index in [2.05, 4.69) is 84.2 Å². The van der Waals surface area contributed by atoms with Crippen LogP contribution >= 0.6 is 22.6 Å². The van der Waals surface area contributed by atoms with Gasteiger partial charge in [-0.1, -0.05) is 44.2 Å². The molecule has 0 radical (unpaired) electrons. The first-order chi connectivity index (χ1) is 9.69. The molecule has 0 heterocycles. The van der Waals surface area contributed by atoms with Crippen molar-refractivity contribution in [2.75, 3.05) is 7.05 Å². The highest BCUT2D eigenvalue weighted by molar-refractivity contribution is 14.1. The minimum atomic E-state index is 0.270. The van der Waals surface area contributed by atoms with Crippen LogP contribution in [-0.2, 0) is 12.8 Å². The maximum absolute atomic E-state index is 3.48. The molecule has 1 N–H and O–H groups in total. The first-order valence-electron chi connectivity index (χ1n) is 7.24. The molecular weight excluding hydrogens is 357 g/mol. The maximum Gasteiger partial charge on any atom is 0.0577 e. The second-order valence-corrected chi connectivity index (χ2v) is 6.26. The van der Waals surface area contributed by atoms with E-state index in [0.29, 0.717) is 0 Å². The lowest BCUT2D eigenvalue weighted by atomic mass is 9.91. The molecule has 0 aliphatic carbocycles. The van der Waals surface area contributed by atoms with E-state index in [4.69, 9.17) is 0 Å². The van der Waals surface area contributed by atoms with Gasteiger partial charge < -0.3 is 5.32 Å². The molecule has 0 aliphatic heterocycles. The Kier molecular flexibility index (Phi) is 5.61. The van der Waals surface area contributed by atoms with Crippen LogP contribution in [0.4, 0.5) is 0 Å². The summed E-state index contributed by atoms with van der Waals surface area (Å²) in [5.41, 5.74) is 5.59. The van der Waals surface area contributed by atoms with Gasteiger partial charge in [0, 0.05) is 3.57 Å². The normalized spacial score (nSPS) is 12.4. The largest absolute Gasteiger partial charge is 0.309 e. The molecule has 0 saturated heterocycles. The van der Waals surface area contributed by atoms with Gasteiger partial charge in [0.05, 0.1) is 6.04 Å². The zero-order valence-corrected chi connectivity index (χ0v) is 14.6. The van der Waals surface area contributed by atoms with Crippen LogP contribution < -0.4 is 5.32 Å². The summed E-state index contributed by atoms with van der Waals surface area (Å²) in [6.07, 6.45) is 2.15. The van der Waals surface area contributed by atoms with Crippen LogP contribution in [0.3, 0.4) is 0 Å². The van der Waals surface area contributed by atoms with Crippen molar-refractivity contribution >= 4 is 22.6 Å². The van der Waals surface area contributed by atoms with Crippen molar-refractivity contribution in [1.29, 1.82) is 0 Å². The van der Waals surface area contributed by atoms with Crippen molar-refractivity contribution in [1.82, 2.24) is 5.32 Å². The Morgan fingerprint density at radius 3 is 2.45 bits per heavy atom. The molecule has 2 heteroatoms. The fourth-order valence-corrected chi connectivity index (χ4v) is 3.21. The number of hydrogen-bond acceptors (Lipinski definition) is 1. The van der Waals surface area contributed by atoms with Crippen molar-refractivity contribution < 1.29 is 0 Å². The van der Waals surface area contributed by atoms with E-state index in [0.717, 1.165) is 12.8 Å². The van der Waals surface area contributed by atoms with Crippen LogP contribution in [0.25, 0.3) is 0 Å². The topological polar surface area (TPSA) is 12.0 Å². The van der Waals surface area contributed by atoms with Gasteiger partial charge in [0.1, 0.15) is 0 Å². The molecule has 0 aromatic heterocycles. The summed E-state index contributed by atoms with van der Waals surface area (Å²) < 4.78 is 1.28. The zero-order valence-electron chi connectivity index (χ0n) is 12.4. The van der Waals surface area contributed by atoms with E-state index < -0.39 is 0 Å². The van der Waals surface area contributed by atoms with E-state index >= 15 is 0 Å². The van der Waals surface area contributed by atoms with Crippen molar-refractivity contribution in [2.24, 2.45) is 0 Å². The highest BCUT2D eigenvalue weighted by atomic mass is 127. The third-order valence-electron chi connectivity index (χ3n) is 3.78. The van der Waals surface area contributed by atoms with Gasteiger partial charge in [0.15, 0.2) is 0 Å². The molecule has 1 atom stereocenters. The summed E-state index contributed by atoms with van der Waals surface area (Å²) in [5.74, 6) is 0. The highest BCUT2D eigenvalue weighted by Crippen LogP contribution is 2.27. The highest BCUT2D eigenvalue weighted by Gasteiger charge is 2.15. The molecule has 0 saturated carbocycles. The Labute approximate surface area is 135 Å². The predicted molar refractivity (Wildman–Crippen MR) is 95.3 cm³/mol. The average molecular weight is 379 g/mol. The molecule has 1 unspecified atom stereocenters. The van der Waals surface area contributed by atoms with Gasteiger partial charge >= 0.3 is 0 Å². The number of nitrogens with one attached hydrogen (secondary N) is 1. The summed E-state index contributed by atoms with van der Waals surface area (Å²) in [5, 5.41) is 3.48. The van der Waals surface area contributed by atoms with Gasteiger partial charge in [-0.2, -0.15) is 0 Å². The molecule has 2 aromatic rings. The molecule has 1 nitrogen and oxygen atoms in total.